The van der Waals surface area contributed by atoms with Gasteiger partial charge in [-0.3, -0.25) is 4.79 Å². The summed E-state index contributed by atoms with van der Waals surface area (Å²) in [6, 6.07) is 10.4. The number of aromatic nitrogens is 1. The Bertz CT molecular complexity index is 672. The van der Waals surface area contributed by atoms with Gasteiger partial charge in [0.2, 0.25) is 0 Å². The van der Waals surface area contributed by atoms with Crippen LogP contribution < -0.4 is 4.90 Å². The first-order valence-electron chi connectivity index (χ1n) is 7.57. The number of benzene rings is 1. The molecule has 110 valence electrons. The van der Waals surface area contributed by atoms with Crippen LogP contribution in [0.1, 0.15) is 34.2 Å². The first kappa shape index (κ1) is 13.9. The fourth-order valence-corrected chi connectivity index (χ4v) is 3.33. The fraction of sp³-hybridized carbons (Fsp3) is 0.389. The number of ketones is 1. The molecule has 0 saturated carbocycles. The number of carbonyl (C=O) groups excluding carboxylic acids is 1. The van der Waals surface area contributed by atoms with Crippen molar-refractivity contribution < 1.29 is 4.79 Å². The Morgan fingerprint density at radius 3 is 2.81 bits per heavy atom. The lowest BCUT2D eigenvalue weighted by Gasteiger charge is -2.34. The van der Waals surface area contributed by atoms with E-state index in [2.05, 4.69) is 41.1 Å². The van der Waals surface area contributed by atoms with E-state index in [9.17, 15) is 4.79 Å². The number of fused-ring (bicyclic) bond motifs is 1. The molecule has 1 aromatic carbocycles. The van der Waals surface area contributed by atoms with Crippen molar-refractivity contribution in [2.24, 2.45) is 5.92 Å². The third-order valence-electron chi connectivity index (χ3n) is 4.22. The number of para-hydroxylation sites is 1. The van der Waals surface area contributed by atoms with E-state index in [4.69, 9.17) is 0 Å². The Morgan fingerprint density at radius 1 is 1.33 bits per heavy atom. The van der Waals surface area contributed by atoms with Crippen LogP contribution >= 0.6 is 0 Å². The zero-order chi connectivity index (χ0) is 15.0. The summed E-state index contributed by atoms with van der Waals surface area (Å²) in [6.07, 6.45) is 1.10. The molecule has 0 amide bonds. The standard InChI is InChI=1S/C18H22N2O/c1-12-8-15-6-4-5-7-17(15)20(10-12)11-18(21)16-9-13(2)19-14(16)3/h4-7,9,12,19H,8,10-11H2,1-3H3. The first-order valence-corrected chi connectivity index (χ1v) is 7.57. The van der Waals surface area contributed by atoms with E-state index in [1.165, 1.54) is 11.3 Å². The van der Waals surface area contributed by atoms with Crippen LogP contribution in [0, 0.1) is 19.8 Å². The summed E-state index contributed by atoms with van der Waals surface area (Å²) in [5.74, 6) is 0.780. The average molecular weight is 282 g/mol. The smallest absolute Gasteiger partial charge is 0.183 e. The number of hydrogen-bond donors (Lipinski definition) is 1. The van der Waals surface area contributed by atoms with E-state index in [-0.39, 0.29) is 5.78 Å². The van der Waals surface area contributed by atoms with Crippen LogP contribution in [0.25, 0.3) is 0 Å². The predicted octanol–water partition coefficient (Wildman–Crippen LogP) is 3.51. The molecule has 0 fully saturated rings. The number of nitrogens with one attached hydrogen (secondary N) is 1. The molecule has 0 bridgehead atoms. The number of H-pyrrole nitrogens is 1. The molecule has 1 aliphatic heterocycles. The SMILES string of the molecule is Cc1cc(C(=O)CN2CC(C)Cc3ccccc32)c(C)[nH]1. The number of carbonyl (C=O) groups is 1. The number of hydrogen-bond acceptors (Lipinski definition) is 2. The highest BCUT2D eigenvalue weighted by molar-refractivity contribution is 6.00. The van der Waals surface area contributed by atoms with Crippen molar-refractivity contribution in [2.45, 2.75) is 27.2 Å². The maximum Gasteiger partial charge on any atom is 0.183 e. The van der Waals surface area contributed by atoms with E-state index in [1.807, 2.05) is 19.9 Å². The van der Waals surface area contributed by atoms with Crippen molar-refractivity contribution in [2.75, 3.05) is 18.0 Å². The molecular weight excluding hydrogens is 260 g/mol. The molecular formula is C18H22N2O. The van der Waals surface area contributed by atoms with Gasteiger partial charge in [0.05, 0.1) is 6.54 Å². The summed E-state index contributed by atoms with van der Waals surface area (Å²) in [5, 5.41) is 0. The van der Waals surface area contributed by atoms with Crippen molar-refractivity contribution in [1.82, 2.24) is 4.98 Å². The highest BCUT2D eigenvalue weighted by atomic mass is 16.1. The van der Waals surface area contributed by atoms with Crippen molar-refractivity contribution in [1.29, 1.82) is 0 Å². The Kier molecular flexibility index (Phi) is 3.58. The Hall–Kier alpha value is -2.03. The maximum absolute atomic E-state index is 12.6. The van der Waals surface area contributed by atoms with Crippen molar-refractivity contribution >= 4 is 11.5 Å². The average Bonchev–Trinajstić information content (AvgIpc) is 2.77. The van der Waals surface area contributed by atoms with Gasteiger partial charge >= 0.3 is 0 Å². The Labute approximate surface area is 126 Å². The summed E-state index contributed by atoms with van der Waals surface area (Å²) in [6.45, 7) is 7.61. The van der Waals surface area contributed by atoms with Gasteiger partial charge in [0.25, 0.3) is 0 Å². The largest absolute Gasteiger partial charge is 0.363 e. The van der Waals surface area contributed by atoms with Gasteiger partial charge in [0, 0.05) is 29.2 Å². The third kappa shape index (κ3) is 2.73. The van der Waals surface area contributed by atoms with E-state index in [0.717, 1.165) is 29.9 Å². The number of Topliss-reactive ketones (excluding diaryl/α,β-unsaturated/α-hetero) is 1. The van der Waals surface area contributed by atoms with E-state index in [1.54, 1.807) is 0 Å². The zero-order valence-electron chi connectivity index (χ0n) is 12.9. The van der Waals surface area contributed by atoms with Crippen LogP contribution in [0.15, 0.2) is 30.3 Å². The van der Waals surface area contributed by atoms with Crippen LogP contribution in [0.4, 0.5) is 5.69 Å². The summed E-state index contributed by atoms with van der Waals surface area (Å²) >= 11 is 0. The van der Waals surface area contributed by atoms with Crippen molar-refractivity contribution in [3.05, 3.63) is 52.8 Å². The van der Waals surface area contributed by atoms with Crippen LogP contribution in [0.2, 0.25) is 0 Å². The minimum atomic E-state index is 0.195. The monoisotopic (exact) mass is 282 g/mol. The number of aromatic amines is 1. The highest BCUT2D eigenvalue weighted by Crippen LogP contribution is 2.29. The molecule has 0 saturated heterocycles. The Morgan fingerprint density at radius 2 is 2.10 bits per heavy atom. The molecule has 1 aromatic heterocycles. The van der Waals surface area contributed by atoms with Gasteiger partial charge in [0.15, 0.2) is 5.78 Å². The lowest BCUT2D eigenvalue weighted by molar-refractivity contribution is 0.0997. The van der Waals surface area contributed by atoms with Crippen LogP contribution in [0.3, 0.4) is 0 Å². The number of rotatable bonds is 3. The topological polar surface area (TPSA) is 36.1 Å². The van der Waals surface area contributed by atoms with Crippen LogP contribution in [-0.4, -0.2) is 23.9 Å². The molecule has 0 spiro atoms. The van der Waals surface area contributed by atoms with Gasteiger partial charge in [-0.1, -0.05) is 25.1 Å². The lowest BCUT2D eigenvalue weighted by atomic mass is 9.93. The molecule has 1 unspecified atom stereocenters. The highest BCUT2D eigenvalue weighted by Gasteiger charge is 2.24. The molecule has 1 atom stereocenters. The first-order chi connectivity index (χ1) is 10.0. The molecule has 3 nitrogen and oxygen atoms in total. The second-order valence-electron chi connectivity index (χ2n) is 6.23. The van der Waals surface area contributed by atoms with Crippen molar-refractivity contribution in [3.8, 4) is 0 Å². The van der Waals surface area contributed by atoms with Gasteiger partial charge < -0.3 is 9.88 Å². The summed E-state index contributed by atoms with van der Waals surface area (Å²) < 4.78 is 0. The second-order valence-corrected chi connectivity index (χ2v) is 6.23. The predicted molar refractivity (Wildman–Crippen MR) is 86.1 cm³/mol. The molecule has 1 aliphatic rings. The molecule has 1 N–H and O–H groups in total. The van der Waals surface area contributed by atoms with Gasteiger partial charge in [-0.15, -0.1) is 0 Å². The molecule has 3 rings (SSSR count). The molecule has 0 radical (unpaired) electrons. The van der Waals surface area contributed by atoms with E-state index >= 15 is 0 Å². The lowest BCUT2D eigenvalue weighted by Crippen LogP contribution is -2.38. The third-order valence-corrected chi connectivity index (χ3v) is 4.22. The molecule has 2 heterocycles. The minimum Gasteiger partial charge on any atom is -0.363 e. The summed E-state index contributed by atoms with van der Waals surface area (Å²) in [5.41, 5.74) is 5.40. The fourth-order valence-electron chi connectivity index (χ4n) is 3.33. The number of nitrogens with zero attached hydrogens (tertiary/aromatic N) is 1. The molecule has 0 aliphatic carbocycles. The van der Waals surface area contributed by atoms with Gasteiger partial charge in [0.1, 0.15) is 0 Å². The quantitative estimate of drug-likeness (QED) is 0.874. The van der Waals surface area contributed by atoms with Crippen LogP contribution in [0.5, 0.6) is 0 Å². The summed E-state index contributed by atoms with van der Waals surface area (Å²) in [4.78, 5) is 18.0. The van der Waals surface area contributed by atoms with Crippen molar-refractivity contribution in [3.63, 3.8) is 0 Å². The summed E-state index contributed by atoms with van der Waals surface area (Å²) in [7, 11) is 0. The van der Waals surface area contributed by atoms with Crippen LogP contribution in [-0.2, 0) is 6.42 Å². The number of aryl methyl sites for hydroxylation is 2. The van der Waals surface area contributed by atoms with E-state index in [0.29, 0.717) is 12.5 Å². The van der Waals surface area contributed by atoms with Gasteiger partial charge in [-0.2, -0.15) is 0 Å². The van der Waals surface area contributed by atoms with Gasteiger partial charge in [-0.25, -0.2) is 0 Å². The Balaban J connectivity index is 1.85. The minimum absolute atomic E-state index is 0.195. The number of anilines is 1. The zero-order valence-corrected chi connectivity index (χ0v) is 12.9. The second kappa shape index (κ2) is 5.40. The van der Waals surface area contributed by atoms with Gasteiger partial charge in [-0.05, 0) is 43.9 Å². The maximum atomic E-state index is 12.6. The molecule has 3 heteroatoms. The normalized spacial score (nSPS) is 17.7. The molecule has 21 heavy (non-hydrogen) atoms. The molecule has 2 aromatic rings. The van der Waals surface area contributed by atoms with E-state index < -0.39 is 0 Å².